The summed E-state index contributed by atoms with van der Waals surface area (Å²) < 4.78 is 0. The van der Waals surface area contributed by atoms with Crippen molar-refractivity contribution in [1.82, 2.24) is 0 Å². The molecule has 0 saturated heterocycles. The molecule has 0 unspecified atom stereocenters. The fraction of sp³-hybridized carbons (Fsp3) is 0. The topological polar surface area (TPSA) is 0 Å². The molecule has 0 N–H and O–H groups in total. The van der Waals surface area contributed by atoms with E-state index in [1.54, 1.807) is 0 Å². The minimum absolute atomic E-state index is 0. The van der Waals surface area contributed by atoms with E-state index in [-0.39, 0.29) is 72.7 Å². The zero-order valence-corrected chi connectivity index (χ0v) is 6.33. The van der Waals surface area contributed by atoms with Crippen LogP contribution in [0.5, 0.6) is 0 Å². The number of hydrogen-bond acceptors (Lipinski definition) is 0. The van der Waals surface area contributed by atoms with Gasteiger partial charge in [0.2, 0.25) is 0 Å². The summed E-state index contributed by atoms with van der Waals surface area (Å²) in [5.41, 5.74) is 0. The van der Waals surface area contributed by atoms with Gasteiger partial charge >= 0.3 is 0 Å². The van der Waals surface area contributed by atoms with Crippen molar-refractivity contribution in [3.63, 3.8) is 0 Å². The van der Waals surface area contributed by atoms with Gasteiger partial charge in [-0.2, -0.15) is 0 Å². The van der Waals surface area contributed by atoms with E-state index in [1.165, 1.54) is 0 Å². The summed E-state index contributed by atoms with van der Waals surface area (Å²) in [6.45, 7) is 0. The van der Waals surface area contributed by atoms with Gasteiger partial charge in [-0.3, -0.25) is 0 Å². The van der Waals surface area contributed by atoms with Crippen molar-refractivity contribution in [2.75, 3.05) is 0 Å². The minimum atomic E-state index is 0. The third kappa shape index (κ3) is 8.86. The predicted octanol–water partition coefficient (Wildman–Crippen LogP) is -1.52. The second kappa shape index (κ2) is 18.6. The third-order valence-electron chi connectivity index (χ3n) is 0. The Morgan fingerprint density at radius 3 is 0.750 bits per heavy atom. The molecule has 0 aliphatic rings. The molecule has 0 aliphatic heterocycles. The van der Waals surface area contributed by atoms with Crippen LogP contribution >= 0.6 is 0 Å². The summed E-state index contributed by atoms with van der Waals surface area (Å²) in [5.74, 6) is 0. The van der Waals surface area contributed by atoms with Gasteiger partial charge in [0.15, 0.2) is 0 Å². The molecular weight excluding hydrogens is 113 g/mol. The number of rotatable bonds is 0. The normalized spacial score (nSPS) is 0. The predicted molar refractivity (Wildman–Crippen MR) is 23.0 cm³/mol. The Balaban J connectivity index is 0. The molecule has 0 aromatic heterocycles. The van der Waals surface area contributed by atoms with Gasteiger partial charge in [0.1, 0.15) is 0 Å². The smallest absolute Gasteiger partial charge is 0 e. The molecule has 9 valence electrons. The Morgan fingerprint density at radius 2 is 0.750 bits per heavy atom. The first-order valence-electron chi connectivity index (χ1n) is 0. The van der Waals surface area contributed by atoms with Crippen LogP contribution in [0.3, 0.4) is 0 Å². The molecule has 0 aromatic carbocycles. The van der Waals surface area contributed by atoms with E-state index in [0.29, 0.717) is 0 Å². The van der Waals surface area contributed by atoms with E-state index in [4.69, 9.17) is 0 Å². The van der Waals surface area contributed by atoms with E-state index in [1.807, 2.05) is 0 Å². The van der Waals surface area contributed by atoms with Crippen LogP contribution in [0.15, 0.2) is 0 Å². The fourth-order valence-corrected chi connectivity index (χ4v) is 0. The van der Waals surface area contributed by atoms with Crippen molar-refractivity contribution < 1.29 is 0 Å². The van der Waals surface area contributed by atoms with E-state index >= 15 is 0 Å². The maximum Gasteiger partial charge on any atom is 0 e. The Bertz CT molecular complexity index is 6.00. The summed E-state index contributed by atoms with van der Waals surface area (Å²) in [6, 6.07) is 0. The fourth-order valence-electron chi connectivity index (χ4n) is 0. The van der Waals surface area contributed by atoms with Crippen molar-refractivity contribution in [3.8, 4) is 0 Å². The zero-order chi connectivity index (χ0) is 0. The quantitative estimate of drug-likeness (QED) is 0.335. The van der Waals surface area contributed by atoms with Gasteiger partial charge in [0.05, 0.1) is 0 Å². The van der Waals surface area contributed by atoms with Crippen molar-refractivity contribution >= 4 is 72.7 Å². The summed E-state index contributed by atoms with van der Waals surface area (Å²) in [4.78, 5) is 0. The second-order valence-electron chi connectivity index (χ2n) is 0. The molecule has 0 spiro atoms. The average Bonchev–Trinajstić information content (AvgIpc) is 0. The van der Waals surface area contributed by atoms with Gasteiger partial charge in [-0.25, -0.2) is 0 Å². The van der Waals surface area contributed by atoms with Gasteiger partial charge in [0.25, 0.3) is 0 Å². The molecule has 4 heteroatoms. The molecule has 0 rings (SSSR count). The molecule has 0 nitrogen and oxygen atoms in total. The van der Waals surface area contributed by atoms with Gasteiger partial charge in [-0.05, 0) is 0 Å². The van der Waals surface area contributed by atoms with Crippen LogP contribution in [0.1, 0.15) is 0 Å². The summed E-state index contributed by atoms with van der Waals surface area (Å²) in [5, 5.41) is 0. The molecule has 9 radical (unpaired) electrons. The second-order valence-corrected chi connectivity index (χ2v) is 0. The summed E-state index contributed by atoms with van der Waals surface area (Å²) in [6.07, 6.45) is 0. The first kappa shape index (κ1) is 33.8. The van der Waals surface area contributed by atoms with Crippen LogP contribution in [0.4, 0.5) is 0 Å². The monoisotopic (exact) mass is 115 g/mol. The van der Waals surface area contributed by atoms with Crippen molar-refractivity contribution in [2.45, 2.75) is 0 Å². The molecule has 4 heavy (non-hydrogen) atoms. The van der Waals surface area contributed by atoms with Crippen molar-refractivity contribution in [2.24, 2.45) is 0 Å². The maximum atomic E-state index is 0. The van der Waals surface area contributed by atoms with Crippen LogP contribution in [-0.4, -0.2) is 72.7 Å². The van der Waals surface area contributed by atoms with Gasteiger partial charge in [-0.15, -0.1) is 0 Å². The molecule has 0 saturated carbocycles. The average molecular weight is 113 g/mol. The van der Waals surface area contributed by atoms with Gasteiger partial charge in [0, 0.05) is 72.7 Å². The van der Waals surface area contributed by atoms with Crippen LogP contribution in [-0.2, 0) is 0 Å². The largest absolute Gasteiger partial charge is 0 e. The SMILES string of the molecule is [Al].[Ge].[Li].[Li]. The zero-order valence-electron chi connectivity index (χ0n) is 3.08. The summed E-state index contributed by atoms with van der Waals surface area (Å²) >= 11 is 0. The Labute approximate surface area is 71.9 Å². The maximum absolute atomic E-state index is 0. The molecule has 0 fully saturated rings. The first-order chi connectivity index (χ1) is 0. The van der Waals surface area contributed by atoms with Crippen LogP contribution in [0.25, 0.3) is 0 Å². The Hall–Kier alpha value is 2.27. The standard InChI is InChI=1S/Al.Ge.2Li. The molecule has 0 heterocycles. The molecule has 0 aliphatic carbocycles. The van der Waals surface area contributed by atoms with Gasteiger partial charge in [-0.1, -0.05) is 0 Å². The Kier molecular flexibility index (Phi) is 158. The molecule has 0 bridgehead atoms. The summed E-state index contributed by atoms with van der Waals surface area (Å²) in [7, 11) is 0. The van der Waals surface area contributed by atoms with Gasteiger partial charge < -0.3 is 0 Å². The van der Waals surface area contributed by atoms with E-state index in [2.05, 4.69) is 0 Å². The molecule has 0 aromatic rings. The van der Waals surface area contributed by atoms with E-state index in [9.17, 15) is 0 Å². The van der Waals surface area contributed by atoms with E-state index in [0.717, 1.165) is 0 Å². The van der Waals surface area contributed by atoms with Crippen LogP contribution < -0.4 is 0 Å². The minimum Gasteiger partial charge on any atom is 0 e. The molecule has 0 amide bonds. The molecule has 0 atom stereocenters. The van der Waals surface area contributed by atoms with Crippen molar-refractivity contribution in [3.05, 3.63) is 0 Å². The van der Waals surface area contributed by atoms with Crippen molar-refractivity contribution in [1.29, 1.82) is 0 Å². The Morgan fingerprint density at radius 1 is 0.750 bits per heavy atom. The number of hydrogen-bond donors (Lipinski definition) is 0. The van der Waals surface area contributed by atoms with Crippen LogP contribution in [0.2, 0.25) is 0 Å². The third-order valence-corrected chi connectivity index (χ3v) is 0. The molecular formula is AlGeLi2. The first-order valence-corrected chi connectivity index (χ1v) is 0. The van der Waals surface area contributed by atoms with E-state index < -0.39 is 0 Å². The van der Waals surface area contributed by atoms with Crippen LogP contribution in [0, 0.1) is 0 Å².